The zero-order valence-electron chi connectivity index (χ0n) is 15.6. The van der Waals surface area contributed by atoms with E-state index in [1.807, 2.05) is 30.3 Å². The van der Waals surface area contributed by atoms with Crippen molar-refractivity contribution in [1.29, 1.82) is 0 Å². The number of amides is 2. The number of urea groups is 1. The Morgan fingerprint density at radius 1 is 1.14 bits per heavy atom. The van der Waals surface area contributed by atoms with Crippen molar-refractivity contribution in [1.82, 2.24) is 10.2 Å². The number of halogens is 1. The third-order valence-corrected chi connectivity index (χ3v) is 4.66. The third kappa shape index (κ3) is 4.79. The second-order valence-electron chi connectivity index (χ2n) is 6.56. The summed E-state index contributed by atoms with van der Waals surface area (Å²) in [5, 5.41) is 2.83. The van der Waals surface area contributed by atoms with Crippen molar-refractivity contribution in [3.8, 4) is 5.75 Å². The minimum absolute atomic E-state index is 0.0995. The molecule has 1 N–H and O–H groups in total. The molecule has 2 aromatic carbocycles. The summed E-state index contributed by atoms with van der Waals surface area (Å²) in [6.45, 7) is 0.608. The van der Waals surface area contributed by atoms with Gasteiger partial charge in [0.2, 0.25) is 0 Å². The monoisotopic (exact) mass is 386 g/mol. The molecule has 0 saturated carbocycles. The van der Waals surface area contributed by atoms with Crippen molar-refractivity contribution in [3.05, 3.63) is 66.0 Å². The van der Waals surface area contributed by atoms with Gasteiger partial charge in [0.1, 0.15) is 12.1 Å². The van der Waals surface area contributed by atoms with Crippen LogP contribution in [0.3, 0.4) is 0 Å². The van der Waals surface area contributed by atoms with Crippen molar-refractivity contribution in [2.75, 3.05) is 20.2 Å². The number of likely N-dealkylation sites (tertiary alicyclic amines) is 1. The van der Waals surface area contributed by atoms with Crippen LogP contribution in [0.2, 0.25) is 0 Å². The maximum Gasteiger partial charge on any atom is 0.328 e. The van der Waals surface area contributed by atoms with E-state index in [1.54, 1.807) is 12.1 Å². The molecule has 2 amide bonds. The molecule has 3 rings (SSSR count). The SMILES string of the molecule is COC(=O)C1CC(Oc2ccccc2F)CN1C(=O)NCCc1ccccc1. The first kappa shape index (κ1) is 19.7. The molecule has 0 bridgehead atoms. The van der Waals surface area contributed by atoms with Crippen LogP contribution in [0.25, 0.3) is 0 Å². The number of methoxy groups -OCH3 is 1. The van der Waals surface area contributed by atoms with Crippen LogP contribution in [-0.2, 0) is 16.0 Å². The predicted molar refractivity (Wildman–Crippen MR) is 101 cm³/mol. The van der Waals surface area contributed by atoms with E-state index in [2.05, 4.69) is 5.32 Å². The Bertz CT molecular complexity index is 815. The van der Waals surface area contributed by atoms with Gasteiger partial charge >= 0.3 is 12.0 Å². The molecule has 6 nitrogen and oxygen atoms in total. The van der Waals surface area contributed by atoms with E-state index in [0.29, 0.717) is 13.0 Å². The number of nitrogens with one attached hydrogen (secondary N) is 1. The number of nitrogens with zero attached hydrogens (tertiary/aromatic N) is 1. The summed E-state index contributed by atoms with van der Waals surface area (Å²) >= 11 is 0. The van der Waals surface area contributed by atoms with Gasteiger partial charge in [0.05, 0.1) is 13.7 Å². The number of carbonyl (C=O) groups is 2. The smallest absolute Gasteiger partial charge is 0.328 e. The lowest BCUT2D eigenvalue weighted by Gasteiger charge is -2.22. The van der Waals surface area contributed by atoms with Crippen molar-refractivity contribution in [3.63, 3.8) is 0 Å². The lowest BCUT2D eigenvalue weighted by atomic mass is 10.1. The van der Waals surface area contributed by atoms with Crippen LogP contribution >= 0.6 is 0 Å². The molecule has 1 fully saturated rings. The Hall–Kier alpha value is -3.09. The summed E-state index contributed by atoms with van der Waals surface area (Å²) in [4.78, 5) is 26.1. The van der Waals surface area contributed by atoms with E-state index in [0.717, 1.165) is 5.56 Å². The fraction of sp³-hybridized carbons (Fsp3) is 0.333. The fourth-order valence-electron chi connectivity index (χ4n) is 3.25. The second kappa shape index (κ2) is 9.21. The molecule has 0 aliphatic carbocycles. The summed E-state index contributed by atoms with van der Waals surface area (Å²) in [6, 6.07) is 14.7. The molecule has 1 aliphatic rings. The van der Waals surface area contributed by atoms with Gasteiger partial charge in [0.25, 0.3) is 0 Å². The van der Waals surface area contributed by atoms with E-state index in [1.165, 1.54) is 24.1 Å². The Labute approximate surface area is 163 Å². The van der Waals surface area contributed by atoms with Crippen LogP contribution < -0.4 is 10.1 Å². The summed E-state index contributed by atoms with van der Waals surface area (Å²) in [6.07, 6.45) is 0.423. The molecule has 1 aliphatic heterocycles. The number of rotatable bonds is 6. The highest BCUT2D eigenvalue weighted by molar-refractivity contribution is 5.84. The molecule has 0 radical (unpaired) electrons. The third-order valence-electron chi connectivity index (χ3n) is 4.66. The highest BCUT2D eigenvalue weighted by Gasteiger charge is 2.41. The summed E-state index contributed by atoms with van der Waals surface area (Å²) in [7, 11) is 1.28. The number of benzene rings is 2. The van der Waals surface area contributed by atoms with Crippen LogP contribution in [0, 0.1) is 5.82 Å². The molecule has 0 spiro atoms. The number of hydrogen-bond donors (Lipinski definition) is 1. The van der Waals surface area contributed by atoms with Crippen LogP contribution in [0.5, 0.6) is 5.75 Å². The van der Waals surface area contributed by atoms with Crippen molar-refractivity contribution < 1.29 is 23.5 Å². The van der Waals surface area contributed by atoms with Crippen LogP contribution in [0.15, 0.2) is 54.6 Å². The van der Waals surface area contributed by atoms with Crippen LogP contribution in [0.4, 0.5) is 9.18 Å². The summed E-state index contributed by atoms with van der Waals surface area (Å²) in [5.74, 6) is -0.900. The minimum Gasteiger partial charge on any atom is -0.485 e. The van der Waals surface area contributed by atoms with Gasteiger partial charge in [-0.1, -0.05) is 42.5 Å². The largest absolute Gasteiger partial charge is 0.485 e. The van der Waals surface area contributed by atoms with E-state index in [9.17, 15) is 14.0 Å². The van der Waals surface area contributed by atoms with Gasteiger partial charge in [-0.25, -0.2) is 14.0 Å². The number of para-hydroxylation sites is 1. The van der Waals surface area contributed by atoms with E-state index in [4.69, 9.17) is 9.47 Å². The molecule has 1 saturated heterocycles. The Kier molecular flexibility index (Phi) is 6.47. The van der Waals surface area contributed by atoms with Crippen LogP contribution in [-0.4, -0.2) is 49.2 Å². The average molecular weight is 386 g/mol. The van der Waals surface area contributed by atoms with Crippen molar-refractivity contribution >= 4 is 12.0 Å². The average Bonchev–Trinajstić information content (AvgIpc) is 3.14. The second-order valence-corrected chi connectivity index (χ2v) is 6.56. The quantitative estimate of drug-likeness (QED) is 0.776. The number of hydrogen-bond acceptors (Lipinski definition) is 4. The zero-order chi connectivity index (χ0) is 19.9. The molecular weight excluding hydrogens is 363 g/mol. The fourth-order valence-corrected chi connectivity index (χ4v) is 3.25. The first-order valence-electron chi connectivity index (χ1n) is 9.16. The highest BCUT2D eigenvalue weighted by Crippen LogP contribution is 2.25. The van der Waals surface area contributed by atoms with E-state index >= 15 is 0 Å². The molecular formula is C21H23FN2O4. The molecule has 148 valence electrons. The lowest BCUT2D eigenvalue weighted by molar-refractivity contribution is -0.145. The van der Waals surface area contributed by atoms with E-state index in [-0.39, 0.29) is 24.7 Å². The zero-order valence-corrected chi connectivity index (χ0v) is 15.6. The lowest BCUT2D eigenvalue weighted by Crippen LogP contribution is -2.47. The topological polar surface area (TPSA) is 67.9 Å². The number of carbonyl (C=O) groups excluding carboxylic acids is 2. The molecule has 2 atom stereocenters. The summed E-state index contributed by atoms with van der Waals surface area (Å²) in [5.41, 5.74) is 1.11. The van der Waals surface area contributed by atoms with Gasteiger partial charge in [-0.3, -0.25) is 0 Å². The maximum absolute atomic E-state index is 13.8. The van der Waals surface area contributed by atoms with Gasteiger partial charge in [-0.2, -0.15) is 0 Å². The first-order valence-corrected chi connectivity index (χ1v) is 9.16. The molecule has 2 aromatic rings. The minimum atomic E-state index is -0.765. The number of ether oxygens (including phenoxy) is 2. The van der Waals surface area contributed by atoms with Gasteiger partial charge in [0.15, 0.2) is 11.6 Å². The Morgan fingerprint density at radius 3 is 2.57 bits per heavy atom. The number of esters is 1. The molecule has 2 unspecified atom stereocenters. The van der Waals surface area contributed by atoms with Gasteiger partial charge in [-0.15, -0.1) is 0 Å². The molecule has 0 aromatic heterocycles. The van der Waals surface area contributed by atoms with Gasteiger partial charge in [-0.05, 0) is 24.1 Å². The molecule has 1 heterocycles. The highest BCUT2D eigenvalue weighted by atomic mass is 19.1. The standard InChI is InChI=1S/C21H23FN2O4/c1-27-20(25)18-13-16(28-19-10-6-5-9-17(19)22)14-24(18)21(26)23-12-11-15-7-3-2-4-8-15/h2-10,16,18H,11-14H2,1H3,(H,23,26). The maximum atomic E-state index is 13.8. The van der Waals surface area contributed by atoms with Crippen LogP contribution in [0.1, 0.15) is 12.0 Å². The normalized spacial score (nSPS) is 18.6. The molecule has 28 heavy (non-hydrogen) atoms. The molecule has 7 heteroatoms. The summed E-state index contributed by atoms with van der Waals surface area (Å²) < 4.78 is 24.3. The van der Waals surface area contributed by atoms with Crippen molar-refractivity contribution in [2.24, 2.45) is 0 Å². The van der Waals surface area contributed by atoms with Gasteiger partial charge in [0, 0.05) is 13.0 Å². The van der Waals surface area contributed by atoms with Gasteiger partial charge < -0.3 is 19.7 Å². The van der Waals surface area contributed by atoms with E-state index < -0.39 is 23.9 Å². The Morgan fingerprint density at radius 2 is 1.86 bits per heavy atom. The first-order chi connectivity index (χ1) is 13.6. The predicted octanol–water partition coefficient (Wildman–Crippen LogP) is 2.77. The Balaban J connectivity index is 1.61. The van der Waals surface area contributed by atoms with Crippen molar-refractivity contribution in [2.45, 2.75) is 25.0 Å².